The fraction of sp³-hybridized carbons (Fsp3) is 0.533. The molecule has 2 saturated heterocycles. The molecular weight excluding hydrogens is 605 g/mol. The van der Waals surface area contributed by atoms with E-state index in [0.717, 1.165) is 38.9 Å². The van der Waals surface area contributed by atoms with Gasteiger partial charge in [-0.05, 0) is 98.4 Å². The molecule has 0 saturated carbocycles. The summed E-state index contributed by atoms with van der Waals surface area (Å²) in [4.78, 5) is 49.7. The van der Waals surface area contributed by atoms with Crippen LogP contribution in [0.25, 0.3) is 0 Å². The number of carbonyl (C=O) groups excluding carboxylic acids is 3. The van der Waals surface area contributed by atoms with Gasteiger partial charge >= 0.3 is 0 Å². The maximum atomic E-state index is 13.4. The van der Waals surface area contributed by atoms with Gasteiger partial charge in [0.2, 0.25) is 11.8 Å². The monoisotopic (exact) mass is 645 g/mol. The maximum Gasteiger partial charge on any atom is 0.254 e. The summed E-state index contributed by atoms with van der Waals surface area (Å²) in [6.45, 7) is 10.7. The second-order valence-electron chi connectivity index (χ2n) is 11.0. The van der Waals surface area contributed by atoms with Gasteiger partial charge < -0.3 is 15.1 Å². The highest BCUT2D eigenvalue weighted by atomic mass is 127. The molecule has 8 nitrogen and oxygen atoms in total. The summed E-state index contributed by atoms with van der Waals surface area (Å²) in [6.07, 6.45) is 3.43. The minimum atomic E-state index is -0.517. The molecule has 9 heteroatoms. The molecule has 39 heavy (non-hydrogen) atoms. The van der Waals surface area contributed by atoms with Crippen LogP contribution in [-0.2, 0) is 16.1 Å². The lowest BCUT2D eigenvalue weighted by Gasteiger charge is -2.39. The van der Waals surface area contributed by atoms with Crippen LogP contribution in [0.4, 0.5) is 5.82 Å². The van der Waals surface area contributed by atoms with Crippen LogP contribution in [0.1, 0.15) is 73.1 Å². The third-order valence-electron chi connectivity index (χ3n) is 8.16. The van der Waals surface area contributed by atoms with Crippen LogP contribution in [0, 0.1) is 17.4 Å². The van der Waals surface area contributed by atoms with E-state index in [9.17, 15) is 14.4 Å². The molecule has 1 N–H and O–H groups in total. The zero-order valence-electron chi connectivity index (χ0n) is 23.7. The number of halogens is 1. The predicted octanol–water partition coefficient (Wildman–Crippen LogP) is 4.77. The van der Waals surface area contributed by atoms with Crippen molar-refractivity contribution in [3.63, 3.8) is 0 Å². The lowest BCUT2D eigenvalue weighted by molar-refractivity contribution is -0.136. The highest BCUT2D eigenvalue weighted by Crippen LogP contribution is 2.29. The average molecular weight is 646 g/mol. The number of anilines is 1. The largest absolute Gasteiger partial charge is 0.339 e. The van der Waals surface area contributed by atoms with E-state index in [-0.39, 0.29) is 29.8 Å². The second-order valence-corrected chi connectivity index (χ2v) is 12.2. The Kier molecular flexibility index (Phi) is 9.64. The highest BCUT2D eigenvalue weighted by Gasteiger charge is 2.41. The van der Waals surface area contributed by atoms with E-state index in [1.165, 1.54) is 14.7 Å². The van der Waals surface area contributed by atoms with Crippen LogP contribution in [-0.4, -0.2) is 75.7 Å². The summed E-state index contributed by atoms with van der Waals surface area (Å²) < 4.78 is 1.27. The van der Waals surface area contributed by atoms with Gasteiger partial charge in [0.05, 0.1) is 0 Å². The van der Waals surface area contributed by atoms with Crippen molar-refractivity contribution >= 4 is 46.1 Å². The van der Waals surface area contributed by atoms with Crippen molar-refractivity contribution in [2.24, 2.45) is 0 Å². The Labute approximate surface area is 245 Å². The molecule has 2 aromatic rings. The lowest BCUT2D eigenvalue weighted by Crippen LogP contribution is -2.51. The fourth-order valence-corrected chi connectivity index (χ4v) is 5.92. The maximum absolute atomic E-state index is 13.4. The quantitative estimate of drug-likeness (QED) is 0.419. The van der Waals surface area contributed by atoms with Crippen LogP contribution < -0.4 is 5.32 Å². The zero-order chi connectivity index (χ0) is 28.3. The van der Waals surface area contributed by atoms with Gasteiger partial charge in [-0.1, -0.05) is 19.1 Å². The number of hydrogen-bond donors (Lipinski definition) is 1. The second kappa shape index (κ2) is 12.8. The molecule has 210 valence electrons. The Morgan fingerprint density at radius 1 is 1.15 bits per heavy atom. The molecule has 3 heterocycles. The van der Waals surface area contributed by atoms with Crippen molar-refractivity contribution in [3.05, 3.63) is 56.3 Å². The van der Waals surface area contributed by atoms with Gasteiger partial charge in [0.15, 0.2) is 0 Å². The van der Waals surface area contributed by atoms with Gasteiger partial charge in [-0.15, -0.1) is 0 Å². The molecular formula is C30H40IN5O3. The van der Waals surface area contributed by atoms with Gasteiger partial charge in [-0.25, -0.2) is 4.98 Å². The van der Waals surface area contributed by atoms with Crippen LogP contribution >= 0.6 is 22.6 Å². The summed E-state index contributed by atoms with van der Waals surface area (Å²) in [7, 11) is 1.79. The predicted molar refractivity (Wildman–Crippen MR) is 162 cm³/mol. The first-order chi connectivity index (χ1) is 18.6. The van der Waals surface area contributed by atoms with Crippen molar-refractivity contribution < 1.29 is 14.4 Å². The Morgan fingerprint density at radius 3 is 2.54 bits per heavy atom. The summed E-state index contributed by atoms with van der Waals surface area (Å²) in [6, 6.07) is 9.62. The van der Waals surface area contributed by atoms with Crippen LogP contribution in [0.2, 0.25) is 0 Å². The third kappa shape index (κ3) is 6.98. The van der Waals surface area contributed by atoms with E-state index in [0.29, 0.717) is 29.9 Å². The SMILES string of the molecule is CCC(C)N(C)C(=O)c1cc(C)nc(NC(=O)[C@H]2CCC(=O)N2C2CCN(Cc3ccc(I)c(C)c3)CC2)c1. The van der Waals surface area contributed by atoms with Crippen molar-refractivity contribution in [2.45, 2.75) is 84.5 Å². The number of nitrogens with one attached hydrogen (secondary N) is 1. The molecule has 2 atom stereocenters. The van der Waals surface area contributed by atoms with E-state index in [1.54, 1.807) is 24.1 Å². The van der Waals surface area contributed by atoms with Crippen LogP contribution in [0.5, 0.6) is 0 Å². The first kappa shape index (κ1) is 29.5. The molecule has 3 amide bonds. The molecule has 1 aromatic carbocycles. The van der Waals surface area contributed by atoms with Crippen LogP contribution in [0.15, 0.2) is 30.3 Å². The smallest absolute Gasteiger partial charge is 0.254 e. The zero-order valence-corrected chi connectivity index (χ0v) is 25.8. The van der Waals surface area contributed by atoms with Crippen molar-refractivity contribution in [3.8, 4) is 0 Å². The molecule has 0 radical (unpaired) electrons. The Bertz CT molecular complexity index is 1230. The number of carbonyl (C=O) groups is 3. The molecule has 2 aliphatic heterocycles. The Balaban J connectivity index is 1.39. The number of rotatable bonds is 8. The number of piperidine rings is 1. The van der Waals surface area contributed by atoms with E-state index in [1.807, 2.05) is 25.7 Å². The average Bonchev–Trinajstić information content (AvgIpc) is 3.31. The van der Waals surface area contributed by atoms with Gasteiger partial charge in [-0.2, -0.15) is 0 Å². The molecule has 2 fully saturated rings. The van der Waals surface area contributed by atoms with Crippen molar-refractivity contribution in [2.75, 3.05) is 25.5 Å². The summed E-state index contributed by atoms with van der Waals surface area (Å²) in [5.41, 5.74) is 3.75. The number of hydrogen-bond acceptors (Lipinski definition) is 5. The summed E-state index contributed by atoms with van der Waals surface area (Å²) in [5, 5.41) is 2.92. The standard InChI is InChI=1S/C30H40IN5O3/c1-6-21(4)34(5)30(39)23-16-20(3)32-27(17-23)33-29(38)26-9-10-28(37)36(26)24-11-13-35(14-12-24)18-22-7-8-25(31)19(2)15-22/h7-8,15-17,21,24,26H,6,9-14,18H2,1-5H3,(H,32,33,38)/t21?,26-/m1/s1. The Hall–Kier alpha value is -2.53. The molecule has 4 rings (SSSR count). The third-order valence-corrected chi connectivity index (χ3v) is 9.37. The molecule has 0 aliphatic carbocycles. The molecule has 1 unspecified atom stereocenters. The number of benzene rings is 1. The normalized spacial score (nSPS) is 19.3. The first-order valence-electron chi connectivity index (χ1n) is 13.9. The molecule has 1 aromatic heterocycles. The van der Waals surface area contributed by atoms with Gasteiger partial charge in [0, 0.05) is 60.0 Å². The lowest BCUT2D eigenvalue weighted by atomic mass is 10.0. The molecule has 0 bridgehead atoms. The van der Waals surface area contributed by atoms with Gasteiger partial charge in [-0.3, -0.25) is 19.3 Å². The van der Waals surface area contributed by atoms with Gasteiger partial charge in [0.25, 0.3) is 5.91 Å². The van der Waals surface area contributed by atoms with Gasteiger partial charge in [0.1, 0.15) is 11.9 Å². The van der Waals surface area contributed by atoms with E-state index >= 15 is 0 Å². The number of amides is 3. The van der Waals surface area contributed by atoms with E-state index < -0.39 is 6.04 Å². The fourth-order valence-electron chi connectivity index (χ4n) is 5.58. The summed E-state index contributed by atoms with van der Waals surface area (Å²) >= 11 is 2.36. The summed E-state index contributed by atoms with van der Waals surface area (Å²) in [5.74, 6) is 0.0625. The minimum absolute atomic E-state index is 0.0464. The van der Waals surface area contributed by atoms with Crippen molar-refractivity contribution in [1.82, 2.24) is 19.7 Å². The number of likely N-dealkylation sites (tertiary alicyclic amines) is 2. The number of nitrogens with zero attached hydrogens (tertiary/aromatic N) is 4. The molecule has 0 spiro atoms. The number of aryl methyl sites for hydroxylation is 2. The topological polar surface area (TPSA) is 85.8 Å². The first-order valence-corrected chi connectivity index (χ1v) is 15.0. The number of pyridine rings is 1. The van der Waals surface area contributed by atoms with E-state index in [4.69, 9.17) is 0 Å². The molecule has 2 aliphatic rings. The van der Waals surface area contributed by atoms with Crippen molar-refractivity contribution in [1.29, 1.82) is 0 Å². The minimum Gasteiger partial charge on any atom is -0.339 e. The van der Waals surface area contributed by atoms with E-state index in [2.05, 4.69) is 62.9 Å². The van der Waals surface area contributed by atoms with Crippen LogP contribution in [0.3, 0.4) is 0 Å². The number of aromatic nitrogens is 1. The Morgan fingerprint density at radius 2 is 1.87 bits per heavy atom. The highest BCUT2D eigenvalue weighted by molar-refractivity contribution is 14.1.